The number of nitrogens with one attached hydrogen (secondary N) is 1. The molecule has 1 heterocycles. The lowest BCUT2D eigenvalue weighted by Crippen LogP contribution is -2.15. The molecule has 0 aliphatic heterocycles. The molecule has 92 valence electrons. The molecule has 2 rings (SSSR count). The van der Waals surface area contributed by atoms with E-state index in [9.17, 15) is 9.59 Å². The van der Waals surface area contributed by atoms with Crippen LogP contribution in [-0.4, -0.2) is 26.6 Å². The molecule has 1 amide bonds. The van der Waals surface area contributed by atoms with Gasteiger partial charge in [0.1, 0.15) is 0 Å². The van der Waals surface area contributed by atoms with E-state index in [2.05, 4.69) is 14.9 Å². The van der Waals surface area contributed by atoms with Crippen molar-refractivity contribution in [3.8, 4) is 0 Å². The van der Waals surface area contributed by atoms with Gasteiger partial charge in [0, 0.05) is 11.1 Å². The van der Waals surface area contributed by atoms with Crippen molar-refractivity contribution in [2.24, 2.45) is 0 Å². The predicted octanol–water partition coefficient (Wildman–Crippen LogP) is 1.07. The van der Waals surface area contributed by atoms with Crippen LogP contribution in [-0.2, 0) is 0 Å². The molecule has 2 aromatic rings. The van der Waals surface area contributed by atoms with Gasteiger partial charge in [-0.2, -0.15) is 0 Å². The second kappa shape index (κ2) is 4.80. The maximum Gasteiger partial charge on any atom is 0.337 e. The fourth-order valence-electron chi connectivity index (χ4n) is 1.30. The van der Waals surface area contributed by atoms with Gasteiger partial charge < -0.3 is 16.2 Å². The van der Waals surface area contributed by atoms with Crippen molar-refractivity contribution < 1.29 is 14.7 Å². The Balaban J connectivity index is 2.31. The van der Waals surface area contributed by atoms with Gasteiger partial charge in [0.25, 0.3) is 5.91 Å². The summed E-state index contributed by atoms with van der Waals surface area (Å²) in [5, 5.41) is 16.5. The lowest BCUT2D eigenvalue weighted by atomic mass is 10.1. The highest BCUT2D eigenvalue weighted by Gasteiger charge is 2.15. The van der Waals surface area contributed by atoms with Gasteiger partial charge in [-0.3, -0.25) is 4.79 Å². The largest absolute Gasteiger partial charge is 0.478 e. The number of rotatable bonds is 3. The molecule has 18 heavy (non-hydrogen) atoms. The lowest BCUT2D eigenvalue weighted by Gasteiger charge is -2.07. The first kappa shape index (κ1) is 12.0. The van der Waals surface area contributed by atoms with Gasteiger partial charge in [0.2, 0.25) is 0 Å². The number of anilines is 2. The molecule has 0 bridgehead atoms. The fourth-order valence-corrected chi connectivity index (χ4v) is 1.74. The van der Waals surface area contributed by atoms with Crippen LogP contribution in [0.5, 0.6) is 0 Å². The third kappa shape index (κ3) is 2.43. The minimum absolute atomic E-state index is 0.0410. The number of carbonyl (C=O) groups excluding carboxylic acids is 1. The summed E-state index contributed by atoms with van der Waals surface area (Å²) in [6.45, 7) is 0. The summed E-state index contributed by atoms with van der Waals surface area (Å²) in [4.78, 5) is 22.7. The fraction of sp³-hybridized carbons (Fsp3) is 0. The first-order chi connectivity index (χ1) is 8.58. The van der Waals surface area contributed by atoms with E-state index in [1.807, 2.05) is 0 Å². The van der Waals surface area contributed by atoms with Crippen molar-refractivity contribution in [1.82, 2.24) is 9.59 Å². The summed E-state index contributed by atoms with van der Waals surface area (Å²) in [5.41, 5.74) is 6.11. The number of aromatic carboxylic acids is 1. The maximum absolute atomic E-state index is 11.7. The number of carboxylic acids is 1. The minimum Gasteiger partial charge on any atom is -0.478 e. The van der Waals surface area contributed by atoms with Crippen LogP contribution >= 0.6 is 11.5 Å². The molecule has 0 saturated carbocycles. The van der Waals surface area contributed by atoms with E-state index in [4.69, 9.17) is 10.8 Å². The molecule has 1 aromatic heterocycles. The number of amides is 1. The van der Waals surface area contributed by atoms with Crippen molar-refractivity contribution in [1.29, 1.82) is 0 Å². The molecule has 0 spiro atoms. The van der Waals surface area contributed by atoms with E-state index in [0.717, 1.165) is 11.5 Å². The van der Waals surface area contributed by atoms with Gasteiger partial charge in [-0.15, -0.1) is 5.10 Å². The van der Waals surface area contributed by atoms with Crippen LogP contribution in [0.3, 0.4) is 0 Å². The minimum atomic E-state index is -1.15. The van der Waals surface area contributed by atoms with Crippen LogP contribution in [0.15, 0.2) is 23.6 Å². The van der Waals surface area contributed by atoms with Crippen LogP contribution in [0, 0.1) is 0 Å². The summed E-state index contributed by atoms with van der Waals surface area (Å²) in [6.07, 6.45) is 0. The van der Waals surface area contributed by atoms with Gasteiger partial charge in [-0.05, 0) is 29.7 Å². The molecule has 4 N–H and O–H groups in total. The summed E-state index contributed by atoms with van der Waals surface area (Å²) in [6, 6.07) is 4.15. The number of carboxylic acid groups (broad SMARTS) is 1. The Hall–Kier alpha value is -2.48. The summed E-state index contributed by atoms with van der Waals surface area (Å²) < 4.78 is 3.55. The van der Waals surface area contributed by atoms with Gasteiger partial charge in [-0.25, -0.2) is 4.79 Å². The highest BCUT2D eigenvalue weighted by molar-refractivity contribution is 7.03. The predicted molar refractivity (Wildman–Crippen MR) is 65.7 cm³/mol. The van der Waals surface area contributed by atoms with Crippen molar-refractivity contribution in [3.63, 3.8) is 0 Å². The number of benzene rings is 1. The number of carbonyl (C=O) groups is 2. The molecule has 0 aliphatic rings. The molecule has 0 saturated heterocycles. The van der Waals surface area contributed by atoms with Crippen molar-refractivity contribution in [2.75, 3.05) is 11.1 Å². The van der Waals surface area contributed by atoms with Gasteiger partial charge >= 0.3 is 5.97 Å². The Labute approximate surface area is 105 Å². The van der Waals surface area contributed by atoms with E-state index in [1.165, 1.54) is 23.6 Å². The zero-order chi connectivity index (χ0) is 13.1. The normalized spacial score (nSPS) is 10.0. The summed E-state index contributed by atoms with van der Waals surface area (Å²) >= 11 is 1.03. The van der Waals surface area contributed by atoms with Crippen molar-refractivity contribution >= 4 is 34.8 Å². The lowest BCUT2D eigenvalue weighted by molar-refractivity contribution is 0.0698. The topological polar surface area (TPSA) is 118 Å². The Morgan fingerprint density at radius 3 is 2.78 bits per heavy atom. The van der Waals surface area contributed by atoms with E-state index >= 15 is 0 Å². The Bertz CT molecular complexity index is 597. The van der Waals surface area contributed by atoms with Gasteiger partial charge in [0.05, 0.1) is 11.3 Å². The second-order valence-electron chi connectivity index (χ2n) is 3.35. The maximum atomic E-state index is 11.7. The zero-order valence-electron chi connectivity index (χ0n) is 8.95. The Morgan fingerprint density at radius 1 is 1.39 bits per heavy atom. The standard InChI is InChI=1S/C10H8N4O3S/c11-5-1-2-6(10(16)17)7(3-5)12-9(15)8-4-18-14-13-8/h1-4H,11H2,(H,12,15)(H,16,17). The van der Waals surface area contributed by atoms with E-state index in [-0.39, 0.29) is 16.9 Å². The quantitative estimate of drug-likeness (QED) is 0.713. The van der Waals surface area contributed by atoms with Crippen LogP contribution in [0.1, 0.15) is 20.8 Å². The number of nitrogens with two attached hydrogens (primary N) is 1. The molecular formula is C10H8N4O3S. The number of nitrogens with zero attached hydrogens (tertiary/aromatic N) is 2. The van der Waals surface area contributed by atoms with E-state index in [0.29, 0.717) is 5.69 Å². The molecule has 0 aliphatic carbocycles. The molecule has 1 aromatic carbocycles. The monoisotopic (exact) mass is 264 g/mol. The molecule has 0 radical (unpaired) electrons. The van der Waals surface area contributed by atoms with Crippen LogP contribution < -0.4 is 11.1 Å². The van der Waals surface area contributed by atoms with Crippen molar-refractivity contribution in [2.45, 2.75) is 0 Å². The highest BCUT2D eigenvalue weighted by atomic mass is 32.1. The van der Waals surface area contributed by atoms with Crippen LogP contribution in [0.4, 0.5) is 11.4 Å². The third-order valence-corrected chi connectivity index (χ3v) is 2.62. The van der Waals surface area contributed by atoms with Crippen molar-refractivity contribution in [3.05, 3.63) is 34.8 Å². The van der Waals surface area contributed by atoms with Crippen LogP contribution in [0.2, 0.25) is 0 Å². The number of nitrogen functional groups attached to an aromatic ring is 1. The molecule has 0 fully saturated rings. The van der Waals surface area contributed by atoms with Gasteiger partial charge in [-0.1, -0.05) is 4.49 Å². The Morgan fingerprint density at radius 2 is 2.17 bits per heavy atom. The SMILES string of the molecule is Nc1ccc(C(=O)O)c(NC(=O)c2csnn2)c1. The smallest absolute Gasteiger partial charge is 0.337 e. The van der Waals surface area contributed by atoms with E-state index in [1.54, 1.807) is 0 Å². The molecular weight excluding hydrogens is 256 g/mol. The van der Waals surface area contributed by atoms with Crippen LogP contribution in [0.25, 0.3) is 0 Å². The Kier molecular flexibility index (Phi) is 3.20. The number of hydrogen-bond acceptors (Lipinski definition) is 6. The average Bonchev–Trinajstić information content (AvgIpc) is 2.81. The molecule has 0 atom stereocenters. The first-order valence-electron chi connectivity index (χ1n) is 4.79. The van der Waals surface area contributed by atoms with E-state index < -0.39 is 11.9 Å². The first-order valence-corrected chi connectivity index (χ1v) is 5.63. The molecule has 8 heteroatoms. The molecule has 0 unspecified atom stereocenters. The third-order valence-electron chi connectivity index (χ3n) is 2.11. The number of aromatic nitrogens is 2. The number of hydrogen-bond donors (Lipinski definition) is 3. The second-order valence-corrected chi connectivity index (χ2v) is 3.96. The zero-order valence-corrected chi connectivity index (χ0v) is 9.77. The average molecular weight is 264 g/mol. The van der Waals surface area contributed by atoms with Gasteiger partial charge in [0.15, 0.2) is 5.69 Å². The summed E-state index contributed by atoms with van der Waals surface area (Å²) in [5.74, 6) is -1.68. The summed E-state index contributed by atoms with van der Waals surface area (Å²) in [7, 11) is 0. The molecule has 7 nitrogen and oxygen atoms in total. The highest BCUT2D eigenvalue weighted by Crippen LogP contribution is 2.20.